The predicted molar refractivity (Wildman–Crippen MR) is 105 cm³/mol. The molecule has 27 heavy (non-hydrogen) atoms. The molecule has 2 rings (SSSR count). The zero-order valence-corrected chi connectivity index (χ0v) is 16.8. The van der Waals surface area contributed by atoms with E-state index in [1.165, 1.54) is 4.90 Å². The van der Waals surface area contributed by atoms with Gasteiger partial charge in [-0.1, -0.05) is 43.2 Å². The van der Waals surface area contributed by atoms with Gasteiger partial charge in [-0.15, -0.1) is 0 Å². The quantitative estimate of drug-likeness (QED) is 0.557. The van der Waals surface area contributed by atoms with E-state index in [1.807, 2.05) is 43.0 Å². The highest BCUT2D eigenvalue weighted by molar-refractivity contribution is 6.35. The molecule has 0 spiro atoms. The van der Waals surface area contributed by atoms with Crippen molar-refractivity contribution in [3.05, 3.63) is 41.1 Å². The molecule has 0 N–H and O–H groups in total. The molecule has 0 aromatic heterocycles. The minimum atomic E-state index is -0.226. The molecular formula is C21H30N2O4. The summed E-state index contributed by atoms with van der Waals surface area (Å²) in [5, 5.41) is 0. The van der Waals surface area contributed by atoms with Gasteiger partial charge in [0.05, 0.1) is 18.8 Å². The minimum Gasteiger partial charge on any atom is -0.383 e. The molecule has 0 radical (unpaired) electrons. The maximum atomic E-state index is 13.2. The van der Waals surface area contributed by atoms with E-state index in [0.29, 0.717) is 44.1 Å². The van der Waals surface area contributed by atoms with Gasteiger partial charge in [0, 0.05) is 33.9 Å². The molecule has 148 valence electrons. The molecule has 0 atom stereocenters. The third-order valence-corrected chi connectivity index (χ3v) is 4.67. The Labute approximate surface area is 161 Å². The van der Waals surface area contributed by atoms with Gasteiger partial charge in [0.2, 0.25) is 0 Å². The minimum absolute atomic E-state index is 0.216. The number of imide groups is 1. The lowest BCUT2D eigenvalue weighted by Gasteiger charge is -2.25. The lowest BCUT2D eigenvalue weighted by Crippen LogP contribution is -2.38. The molecule has 0 saturated heterocycles. The number of unbranched alkanes of at least 4 members (excludes halogenated alkanes) is 1. The molecule has 6 heteroatoms. The van der Waals surface area contributed by atoms with E-state index in [0.717, 1.165) is 24.0 Å². The number of carbonyl (C=O) groups excluding carboxylic acids is 2. The number of methoxy groups -OCH3 is 2. The molecule has 1 aromatic rings. The number of aryl methyl sites for hydroxylation is 1. The van der Waals surface area contributed by atoms with Gasteiger partial charge in [-0.3, -0.25) is 14.5 Å². The van der Waals surface area contributed by atoms with Crippen LogP contribution in [0, 0.1) is 6.92 Å². The lowest BCUT2D eigenvalue weighted by atomic mass is 10.0. The van der Waals surface area contributed by atoms with Gasteiger partial charge in [0.1, 0.15) is 5.70 Å². The van der Waals surface area contributed by atoms with Crippen LogP contribution in [0.1, 0.15) is 30.9 Å². The summed E-state index contributed by atoms with van der Waals surface area (Å²) >= 11 is 0. The first kappa shape index (κ1) is 21.1. The van der Waals surface area contributed by atoms with Gasteiger partial charge in [-0.05, 0) is 18.9 Å². The Morgan fingerprint density at radius 2 is 1.56 bits per heavy atom. The highest BCUT2D eigenvalue weighted by atomic mass is 16.5. The standard InChI is InChI=1S/C21H30N2O4/c1-5-6-11-23-20(24)18(17-9-7-16(2)8-10-17)19(21(23)25)22(12-14-26-3)13-15-27-4/h7-10H,5-6,11-15H2,1-4H3. The molecule has 2 amide bonds. The smallest absolute Gasteiger partial charge is 0.277 e. The summed E-state index contributed by atoms with van der Waals surface area (Å²) in [7, 11) is 3.25. The number of hydrogen-bond donors (Lipinski definition) is 0. The van der Waals surface area contributed by atoms with Crippen LogP contribution in [0.3, 0.4) is 0 Å². The van der Waals surface area contributed by atoms with Crippen LogP contribution in [0.15, 0.2) is 30.0 Å². The molecular weight excluding hydrogens is 344 g/mol. The first-order chi connectivity index (χ1) is 13.0. The number of benzene rings is 1. The Morgan fingerprint density at radius 1 is 0.963 bits per heavy atom. The number of ether oxygens (including phenoxy) is 2. The van der Waals surface area contributed by atoms with Crippen molar-refractivity contribution in [2.75, 3.05) is 47.1 Å². The van der Waals surface area contributed by atoms with E-state index in [2.05, 4.69) is 0 Å². The molecule has 0 aliphatic carbocycles. The molecule has 6 nitrogen and oxygen atoms in total. The molecule has 0 fully saturated rings. The largest absolute Gasteiger partial charge is 0.383 e. The SMILES string of the molecule is CCCCN1C(=O)C(c2ccc(C)cc2)=C(N(CCOC)CCOC)C1=O. The second-order valence-corrected chi connectivity index (χ2v) is 6.68. The van der Waals surface area contributed by atoms with Crippen LogP contribution in [0.25, 0.3) is 5.57 Å². The van der Waals surface area contributed by atoms with Gasteiger partial charge in [-0.2, -0.15) is 0 Å². The first-order valence-electron chi connectivity index (χ1n) is 9.45. The summed E-state index contributed by atoms with van der Waals surface area (Å²) in [5.41, 5.74) is 2.81. The molecule has 0 saturated carbocycles. The van der Waals surface area contributed by atoms with E-state index in [9.17, 15) is 9.59 Å². The van der Waals surface area contributed by atoms with Crippen molar-refractivity contribution < 1.29 is 19.1 Å². The average molecular weight is 374 g/mol. The molecule has 1 aliphatic rings. The normalized spacial score (nSPS) is 14.4. The second-order valence-electron chi connectivity index (χ2n) is 6.68. The maximum absolute atomic E-state index is 13.2. The van der Waals surface area contributed by atoms with Crippen LogP contribution in [0.2, 0.25) is 0 Å². The van der Waals surface area contributed by atoms with Crippen molar-refractivity contribution in [3.8, 4) is 0 Å². The van der Waals surface area contributed by atoms with E-state index >= 15 is 0 Å². The molecule has 0 unspecified atom stereocenters. The van der Waals surface area contributed by atoms with Crippen molar-refractivity contribution in [1.82, 2.24) is 9.80 Å². The number of hydrogen-bond acceptors (Lipinski definition) is 5. The Balaban J connectivity index is 2.48. The van der Waals surface area contributed by atoms with Crippen LogP contribution in [0.5, 0.6) is 0 Å². The van der Waals surface area contributed by atoms with Gasteiger partial charge in [0.25, 0.3) is 11.8 Å². The summed E-state index contributed by atoms with van der Waals surface area (Å²) in [6, 6.07) is 7.73. The fourth-order valence-electron chi connectivity index (χ4n) is 3.09. The van der Waals surface area contributed by atoms with Crippen molar-refractivity contribution in [2.24, 2.45) is 0 Å². The first-order valence-corrected chi connectivity index (χ1v) is 9.45. The number of nitrogens with zero attached hydrogens (tertiary/aromatic N) is 2. The van der Waals surface area contributed by atoms with E-state index < -0.39 is 0 Å². The van der Waals surface area contributed by atoms with E-state index in [1.54, 1.807) is 14.2 Å². The van der Waals surface area contributed by atoms with Crippen LogP contribution < -0.4 is 0 Å². The highest BCUT2D eigenvalue weighted by Crippen LogP contribution is 2.32. The zero-order chi connectivity index (χ0) is 19.8. The average Bonchev–Trinajstić information content (AvgIpc) is 2.91. The third kappa shape index (κ3) is 4.96. The van der Waals surface area contributed by atoms with Crippen LogP contribution in [-0.4, -0.2) is 68.7 Å². The van der Waals surface area contributed by atoms with Crippen LogP contribution >= 0.6 is 0 Å². The number of carbonyl (C=O) groups is 2. The summed E-state index contributed by atoms with van der Waals surface area (Å²) in [6.45, 7) is 6.45. The fourth-order valence-corrected chi connectivity index (χ4v) is 3.09. The molecule has 0 bridgehead atoms. The summed E-state index contributed by atoms with van der Waals surface area (Å²) in [4.78, 5) is 29.6. The number of amides is 2. The fraction of sp³-hybridized carbons (Fsp3) is 0.524. The van der Waals surface area contributed by atoms with Gasteiger partial charge < -0.3 is 14.4 Å². The Bertz CT molecular complexity index is 674. The van der Waals surface area contributed by atoms with Crippen molar-refractivity contribution in [2.45, 2.75) is 26.7 Å². The third-order valence-electron chi connectivity index (χ3n) is 4.67. The summed E-state index contributed by atoms with van der Waals surface area (Å²) in [6.07, 6.45) is 1.71. The van der Waals surface area contributed by atoms with E-state index in [-0.39, 0.29) is 11.8 Å². The zero-order valence-electron chi connectivity index (χ0n) is 16.8. The summed E-state index contributed by atoms with van der Waals surface area (Å²) < 4.78 is 10.4. The van der Waals surface area contributed by atoms with E-state index in [4.69, 9.17) is 9.47 Å². The Kier molecular flexibility index (Phi) is 8.00. The van der Waals surface area contributed by atoms with Gasteiger partial charge in [-0.25, -0.2) is 0 Å². The predicted octanol–water partition coefficient (Wildman–Crippen LogP) is 2.47. The second kappa shape index (κ2) is 10.2. The van der Waals surface area contributed by atoms with Crippen molar-refractivity contribution in [3.63, 3.8) is 0 Å². The van der Waals surface area contributed by atoms with Gasteiger partial charge in [0.15, 0.2) is 0 Å². The van der Waals surface area contributed by atoms with Crippen molar-refractivity contribution >= 4 is 17.4 Å². The summed E-state index contributed by atoms with van der Waals surface area (Å²) in [5.74, 6) is -0.441. The molecule has 1 aromatic carbocycles. The van der Waals surface area contributed by atoms with Crippen molar-refractivity contribution in [1.29, 1.82) is 0 Å². The Hall–Kier alpha value is -2.18. The monoisotopic (exact) mass is 374 g/mol. The van der Waals surface area contributed by atoms with Crippen LogP contribution in [-0.2, 0) is 19.1 Å². The maximum Gasteiger partial charge on any atom is 0.277 e. The molecule has 1 aliphatic heterocycles. The van der Waals surface area contributed by atoms with Gasteiger partial charge >= 0.3 is 0 Å². The highest BCUT2D eigenvalue weighted by Gasteiger charge is 2.40. The number of rotatable bonds is 11. The van der Waals surface area contributed by atoms with Crippen LogP contribution in [0.4, 0.5) is 0 Å². The molecule has 1 heterocycles. The lowest BCUT2D eigenvalue weighted by molar-refractivity contribution is -0.137. The topological polar surface area (TPSA) is 59.1 Å². The Morgan fingerprint density at radius 3 is 2.07 bits per heavy atom.